The van der Waals surface area contributed by atoms with Gasteiger partial charge in [-0.2, -0.15) is 17.5 Å². The van der Waals surface area contributed by atoms with Crippen molar-refractivity contribution >= 4 is 28.4 Å². The van der Waals surface area contributed by atoms with Gasteiger partial charge in [-0.15, -0.1) is 0 Å². The number of anilines is 2. The number of rotatable bonds is 4. The number of nitrogens with one attached hydrogen (secondary N) is 1. The van der Waals surface area contributed by atoms with Crippen LogP contribution in [-0.2, 0) is 12.6 Å². The van der Waals surface area contributed by atoms with Crippen LogP contribution in [0.4, 0.5) is 28.8 Å². The minimum absolute atomic E-state index is 0.126. The molecular formula is C22H22F3N5OS. The maximum atomic E-state index is 12.9. The molecule has 32 heavy (non-hydrogen) atoms. The van der Waals surface area contributed by atoms with Crippen LogP contribution in [0.25, 0.3) is 0 Å². The van der Waals surface area contributed by atoms with Crippen LogP contribution in [0.3, 0.4) is 0 Å². The van der Waals surface area contributed by atoms with Crippen molar-refractivity contribution in [2.75, 3.05) is 36.4 Å². The first-order chi connectivity index (χ1) is 15.4. The van der Waals surface area contributed by atoms with Gasteiger partial charge in [0.05, 0.1) is 5.56 Å². The molecule has 0 radical (unpaired) electrons. The molecule has 1 fully saturated rings. The number of benzene rings is 2. The van der Waals surface area contributed by atoms with Gasteiger partial charge in [0.1, 0.15) is 5.82 Å². The highest BCUT2D eigenvalue weighted by molar-refractivity contribution is 7.09. The topological polar surface area (TPSA) is 61.4 Å². The number of hydrogen-bond donors (Lipinski definition) is 1. The van der Waals surface area contributed by atoms with Crippen LogP contribution in [0.15, 0.2) is 54.6 Å². The Hall–Kier alpha value is -3.14. The molecule has 1 aliphatic rings. The maximum Gasteiger partial charge on any atom is 0.416 e. The number of urea groups is 1. The molecule has 3 aromatic rings. The first-order valence-electron chi connectivity index (χ1n) is 10.2. The third-order valence-electron chi connectivity index (χ3n) is 5.16. The molecule has 1 N–H and O–H groups in total. The van der Waals surface area contributed by atoms with E-state index < -0.39 is 17.8 Å². The molecule has 1 saturated heterocycles. The molecule has 6 nitrogen and oxygen atoms in total. The summed E-state index contributed by atoms with van der Waals surface area (Å²) in [5.74, 6) is 0.764. The van der Waals surface area contributed by atoms with Crippen LogP contribution in [0.1, 0.15) is 23.4 Å². The van der Waals surface area contributed by atoms with Gasteiger partial charge in [0.15, 0.2) is 0 Å². The van der Waals surface area contributed by atoms with Crippen molar-refractivity contribution in [3.05, 3.63) is 71.5 Å². The highest BCUT2D eigenvalue weighted by atomic mass is 32.1. The highest BCUT2D eigenvalue weighted by Crippen LogP contribution is 2.30. The van der Waals surface area contributed by atoms with E-state index in [1.54, 1.807) is 4.90 Å². The molecule has 2 amide bonds. The van der Waals surface area contributed by atoms with Gasteiger partial charge in [-0.05, 0) is 30.2 Å². The molecule has 1 aliphatic heterocycles. The first-order valence-corrected chi connectivity index (χ1v) is 11.0. The Kier molecular flexibility index (Phi) is 6.59. The van der Waals surface area contributed by atoms with Crippen molar-refractivity contribution in [3.8, 4) is 0 Å². The van der Waals surface area contributed by atoms with Gasteiger partial charge in [-0.3, -0.25) is 0 Å². The molecule has 0 spiro atoms. The molecule has 0 aliphatic carbocycles. The zero-order valence-corrected chi connectivity index (χ0v) is 18.0. The molecule has 1 aromatic heterocycles. The van der Waals surface area contributed by atoms with E-state index >= 15 is 0 Å². The van der Waals surface area contributed by atoms with Crippen molar-refractivity contribution in [1.29, 1.82) is 0 Å². The third-order valence-corrected chi connectivity index (χ3v) is 5.97. The lowest BCUT2D eigenvalue weighted by Gasteiger charge is -2.22. The smallest absolute Gasteiger partial charge is 0.345 e. The zero-order chi connectivity index (χ0) is 22.6. The van der Waals surface area contributed by atoms with E-state index in [0.717, 1.165) is 41.6 Å². The average molecular weight is 462 g/mol. The Morgan fingerprint density at radius 3 is 2.62 bits per heavy atom. The van der Waals surface area contributed by atoms with Gasteiger partial charge in [0.25, 0.3) is 0 Å². The molecule has 168 valence electrons. The maximum absolute atomic E-state index is 12.9. The number of halogens is 3. The predicted octanol–water partition coefficient (Wildman–Crippen LogP) is 4.89. The van der Waals surface area contributed by atoms with E-state index in [-0.39, 0.29) is 5.69 Å². The highest BCUT2D eigenvalue weighted by Gasteiger charge is 2.30. The van der Waals surface area contributed by atoms with Crippen LogP contribution in [0, 0.1) is 0 Å². The Morgan fingerprint density at radius 1 is 1.03 bits per heavy atom. The fraction of sp³-hybridized carbons (Fsp3) is 0.318. The van der Waals surface area contributed by atoms with Gasteiger partial charge in [0, 0.05) is 49.8 Å². The van der Waals surface area contributed by atoms with Crippen molar-refractivity contribution in [2.24, 2.45) is 0 Å². The molecule has 4 rings (SSSR count). The fourth-order valence-electron chi connectivity index (χ4n) is 3.51. The van der Waals surface area contributed by atoms with E-state index in [1.165, 1.54) is 23.7 Å². The lowest BCUT2D eigenvalue weighted by Crippen LogP contribution is -2.38. The number of amides is 2. The molecular weight excluding hydrogens is 439 g/mol. The Balaban J connectivity index is 1.35. The quantitative estimate of drug-likeness (QED) is 0.601. The van der Waals surface area contributed by atoms with Crippen LogP contribution in [0.5, 0.6) is 0 Å². The summed E-state index contributed by atoms with van der Waals surface area (Å²) in [5, 5.41) is 3.40. The van der Waals surface area contributed by atoms with E-state index in [1.807, 2.05) is 30.3 Å². The lowest BCUT2D eigenvalue weighted by molar-refractivity contribution is -0.137. The van der Waals surface area contributed by atoms with E-state index in [4.69, 9.17) is 0 Å². The number of hydrogen-bond acceptors (Lipinski definition) is 5. The summed E-state index contributed by atoms with van der Waals surface area (Å²) < 4.78 is 43.2. The number of alkyl halides is 3. The predicted molar refractivity (Wildman–Crippen MR) is 118 cm³/mol. The molecule has 2 aromatic carbocycles. The molecule has 0 unspecified atom stereocenters. The molecule has 0 bridgehead atoms. The monoisotopic (exact) mass is 461 g/mol. The van der Waals surface area contributed by atoms with Crippen molar-refractivity contribution in [2.45, 2.75) is 19.0 Å². The zero-order valence-electron chi connectivity index (χ0n) is 17.2. The normalized spacial score (nSPS) is 14.8. The molecule has 0 saturated carbocycles. The summed E-state index contributed by atoms with van der Waals surface area (Å²) >= 11 is 1.34. The van der Waals surface area contributed by atoms with E-state index in [0.29, 0.717) is 26.1 Å². The number of nitrogens with zero attached hydrogens (tertiary/aromatic N) is 4. The molecule has 0 atom stereocenters. The van der Waals surface area contributed by atoms with E-state index in [9.17, 15) is 18.0 Å². The van der Waals surface area contributed by atoms with Crippen LogP contribution < -0.4 is 10.2 Å². The number of carbonyl (C=O) groups is 1. The van der Waals surface area contributed by atoms with Gasteiger partial charge in [-0.25, -0.2) is 9.78 Å². The molecule has 2 heterocycles. The van der Waals surface area contributed by atoms with Gasteiger partial charge < -0.3 is 15.1 Å². The summed E-state index contributed by atoms with van der Waals surface area (Å²) in [6.07, 6.45) is -3.06. The second-order valence-corrected chi connectivity index (χ2v) is 8.22. The standard InChI is InChI=1S/C22H22F3N5OS/c23-22(24,25)17-8-4-9-18(15-17)26-20(31)29-10-5-11-30(13-12-29)21-27-19(28-32-21)14-16-6-2-1-3-7-16/h1-4,6-9,15H,5,10-14H2,(H,26,31). The number of carbonyl (C=O) groups excluding carboxylic acids is 1. The van der Waals surface area contributed by atoms with E-state index in [2.05, 4.69) is 19.6 Å². The molecule has 10 heteroatoms. The van der Waals surface area contributed by atoms with Gasteiger partial charge in [-0.1, -0.05) is 36.4 Å². The minimum Gasteiger partial charge on any atom is -0.345 e. The summed E-state index contributed by atoms with van der Waals surface area (Å²) in [5.41, 5.74) is 0.477. The second-order valence-electron chi connectivity index (χ2n) is 7.49. The largest absolute Gasteiger partial charge is 0.416 e. The average Bonchev–Trinajstić information content (AvgIpc) is 3.08. The SMILES string of the molecule is O=C(Nc1cccc(C(F)(F)F)c1)N1CCCN(c2nc(Cc3ccccc3)ns2)CC1. The van der Waals surface area contributed by atoms with Crippen molar-refractivity contribution in [1.82, 2.24) is 14.3 Å². The fourth-order valence-corrected chi connectivity index (χ4v) is 4.25. The summed E-state index contributed by atoms with van der Waals surface area (Å²) in [4.78, 5) is 21.0. The summed E-state index contributed by atoms with van der Waals surface area (Å²) in [7, 11) is 0. The van der Waals surface area contributed by atoms with Gasteiger partial charge in [0.2, 0.25) is 5.13 Å². The minimum atomic E-state index is -4.45. The van der Waals surface area contributed by atoms with Crippen LogP contribution in [0.2, 0.25) is 0 Å². The Labute approximate surface area is 187 Å². The van der Waals surface area contributed by atoms with Crippen LogP contribution in [-0.4, -0.2) is 46.5 Å². The lowest BCUT2D eigenvalue weighted by atomic mass is 10.1. The Bertz CT molecular complexity index is 1060. The Morgan fingerprint density at radius 2 is 1.84 bits per heavy atom. The summed E-state index contributed by atoms with van der Waals surface area (Å²) in [6.45, 7) is 2.26. The van der Waals surface area contributed by atoms with Crippen molar-refractivity contribution in [3.63, 3.8) is 0 Å². The van der Waals surface area contributed by atoms with Gasteiger partial charge >= 0.3 is 12.2 Å². The second kappa shape index (κ2) is 9.56. The first kappa shape index (κ1) is 22.1. The third kappa shape index (κ3) is 5.56. The summed E-state index contributed by atoms with van der Waals surface area (Å²) in [6, 6.07) is 14.3. The van der Waals surface area contributed by atoms with Crippen molar-refractivity contribution < 1.29 is 18.0 Å². The number of aromatic nitrogens is 2. The van der Waals surface area contributed by atoms with Crippen LogP contribution >= 0.6 is 11.5 Å².